The third-order valence-corrected chi connectivity index (χ3v) is 4.45. The molecule has 0 fully saturated rings. The molecule has 0 radical (unpaired) electrons. The van der Waals surface area contributed by atoms with Crippen LogP contribution < -0.4 is 10.6 Å². The summed E-state index contributed by atoms with van der Waals surface area (Å²) in [5.74, 6) is -2.22. The number of Topliss-reactive ketones (excluding diaryl/α,β-unsaturated/α-hetero) is 1. The maximum Gasteiger partial charge on any atom is 0.235 e. The first-order valence-corrected chi connectivity index (χ1v) is 9.15. The summed E-state index contributed by atoms with van der Waals surface area (Å²) < 4.78 is 23.4. The average Bonchev–Trinajstić information content (AvgIpc) is 2.39. The minimum absolute atomic E-state index is 0.0717. The Morgan fingerprint density at radius 3 is 1.95 bits per heavy atom. The molecule has 0 atom stereocenters. The molecule has 8 heteroatoms. The van der Waals surface area contributed by atoms with Crippen molar-refractivity contribution in [1.82, 2.24) is 10.6 Å². The van der Waals surface area contributed by atoms with Gasteiger partial charge in [0.2, 0.25) is 11.8 Å². The molecule has 0 heterocycles. The van der Waals surface area contributed by atoms with Crippen molar-refractivity contribution in [3.05, 3.63) is 0 Å². The number of hydrogen-bond donors (Lipinski definition) is 2. The Labute approximate surface area is 132 Å². The highest BCUT2D eigenvalue weighted by Gasteiger charge is 2.19. The molecule has 7 nitrogen and oxygen atoms in total. The van der Waals surface area contributed by atoms with Crippen molar-refractivity contribution in [2.75, 3.05) is 24.6 Å². The number of amides is 2. The maximum atomic E-state index is 11.7. The second kappa shape index (κ2) is 9.55. The Kier molecular flexibility index (Phi) is 8.93. The zero-order valence-electron chi connectivity index (χ0n) is 13.6. The Morgan fingerprint density at radius 2 is 1.45 bits per heavy atom. The summed E-state index contributed by atoms with van der Waals surface area (Å²) in [7, 11) is -3.60. The molecule has 0 saturated heterocycles. The van der Waals surface area contributed by atoms with Crippen LogP contribution in [0.2, 0.25) is 0 Å². The molecular formula is C14H26N2O5S. The van der Waals surface area contributed by atoms with E-state index in [1.807, 2.05) is 0 Å². The molecule has 0 aliphatic carbocycles. The van der Waals surface area contributed by atoms with Crippen LogP contribution in [0, 0.1) is 11.8 Å². The molecule has 0 aliphatic heterocycles. The van der Waals surface area contributed by atoms with Crippen LogP contribution in [0.15, 0.2) is 0 Å². The van der Waals surface area contributed by atoms with E-state index in [1.54, 1.807) is 27.7 Å². The van der Waals surface area contributed by atoms with Gasteiger partial charge < -0.3 is 10.6 Å². The summed E-state index contributed by atoms with van der Waals surface area (Å²) in [5.41, 5.74) is 0. The van der Waals surface area contributed by atoms with Crippen LogP contribution in [-0.2, 0) is 24.2 Å². The molecule has 0 rings (SSSR count). The number of nitrogens with one attached hydrogen (secondary N) is 2. The maximum absolute atomic E-state index is 11.7. The lowest BCUT2D eigenvalue weighted by Gasteiger charge is -2.09. The van der Waals surface area contributed by atoms with E-state index in [-0.39, 0.29) is 48.8 Å². The summed E-state index contributed by atoms with van der Waals surface area (Å²) >= 11 is 0. The molecule has 0 aliphatic rings. The van der Waals surface area contributed by atoms with Crippen LogP contribution in [0.3, 0.4) is 0 Å². The van der Waals surface area contributed by atoms with Crippen molar-refractivity contribution >= 4 is 27.4 Å². The van der Waals surface area contributed by atoms with Crippen molar-refractivity contribution in [1.29, 1.82) is 0 Å². The summed E-state index contributed by atoms with van der Waals surface area (Å²) in [4.78, 5) is 34.2. The highest BCUT2D eigenvalue weighted by Crippen LogP contribution is 2.02. The van der Waals surface area contributed by atoms with Crippen molar-refractivity contribution in [2.24, 2.45) is 11.8 Å². The van der Waals surface area contributed by atoms with Gasteiger partial charge in [0.1, 0.15) is 11.5 Å². The van der Waals surface area contributed by atoms with Crippen LogP contribution in [0.4, 0.5) is 0 Å². The van der Waals surface area contributed by atoms with Gasteiger partial charge in [-0.1, -0.05) is 27.7 Å². The lowest BCUT2D eigenvalue weighted by molar-refractivity contribution is -0.124. The van der Waals surface area contributed by atoms with E-state index in [2.05, 4.69) is 10.6 Å². The molecular weight excluding hydrogens is 308 g/mol. The minimum Gasteiger partial charge on any atom is -0.354 e. The zero-order valence-corrected chi connectivity index (χ0v) is 14.5. The number of rotatable bonds is 10. The van der Waals surface area contributed by atoms with Crippen molar-refractivity contribution in [2.45, 2.75) is 34.1 Å². The van der Waals surface area contributed by atoms with E-state index in [4.69, 9.17) is 0 Å². The van der Waals surface area contributed by atoms with Gasteiger partial charge in [-0.25, -0.2) is 8.42 Å². The first-order valence-electron chi connectivity index (χ1n) is 7.32. The third-order valence-electron chi connectivity index (χ3n) is 2.93. The summed E-state index contributed by atoms with van der Waals surface area (Å²) in [6.45, 7) is 7.31. The van der Waals surface area contributed by atoms with E-state index in [1.165, 1.54) is 0 Å². The Balaban J connectivity index is 4.04. The van der Waals surface area contributed by atoms with Crippen molar-refractivity contribution in [3.8, 4) is 0 Å². The Hall–Kier alpha value is -1.44. The molecule has 0 aromatic rings. The van der Waals surface area contributed by atoms with Crippen LogP contribution >= 0.6 is 0 Å². The topological polar surface area (TPSA) is 109 Å². The number of ketones is 1. The molecule has 2 amide bonds. The summed E-state index contributed by atoms with van der Waals surface area (Å²) in [5, 5.41) is 5.03. The molecule has 0 saturated carbocycles. The summed E-state index contributed by atoms with van der Waals surface area (Å²) in [6, 6.07) is 0. The Morgan fingerprint density at radius 1 is 0.909 bits per heavy atom. The lowest BCUT2D eigenvalue weighted by atomic mass is 10.1. The highest BCUT2D eigenvalue weighted by atomic mass is 32.2. The van der Waals surface area contributed by atoms with Gasteiger partial charge in [-0.15, -0.1) is 0 Å². The summed E-state index contributed by atoms with van der Waals surface area (Å²) in [6.07, 6.45) is -0.0717. The molecule has 0 spiro atoms. The Bertz CT molecular complexity index is 497. The van der Waals surface area contributed by atoms with Crippen LogP contribution in [0.25, 0.3) is 0 Å². The largest absolute Gasteiger partial charge is 0.354 e. The highest BCUT2D eigenvalue weighted by molar-refractivity contribution is 7.92. The molecule has 128 valence electrons. The van der Waals surface area contributed by atoms with E-state index >= 15 is 0 Å². The van der Waals surface area contributed by atoms with Gasteiger partial charge in [-0.3, -0.25) is 14.4 Å². The smallest absolute Gasteiger partial charge is 0.235 e. The average molecular weight is 334 g/mol. The van der Waals surface area contributed by atoms with Gasteiger partial charge in [0, 0.05) is 31.3 Å². The van der Waals surface area contributed by atoms with Crippen LogP contribution in [0.5, 0.6) is 0 Å². The van der Waals surface area contributed by atoms with Gasteiger partial charge >= 0.3 is 0 Å². The van der Waals surface area contributed by atoms with Gasteiger partial charge in [0.25, 0.3) is 0 Å². The van der Waals surface area contributed by atoms with E-state index in [0.717, 1.165) is 0 Å². The molecule has 0 aromatic heterocycles. The lowest BCUT2D eigenvalue weighted by Crippen LogP contribution is -2.38. The number of hydrogen-bond acceptors (Lipinski definition) is 5. The minimum atomic E-state index is -3.60. The van der Waals surface area contributed by atoms with E-state index < -0.39 is 21.5 Å². The molecule has 0 unspecified atom stereocenters. The number of carbonyl (C=O) groups is 3. The van der Waals surface area contributed by atoms with Gasteiger partial charge in [-0.2, -0.15) is 0 Å². The first-order chi connectivity index (χ1) is 10.0. The van der Waals surface area contributed by atoms with Gasteiger partial charge in [-0.05, 0) is 0 Å². The third kappa shape index (κ3) is 9.49. The van der Waals surface area contributed by atoms with E-state index in [0.29, 0.717) is 0 Å². The van der Waals surface area contributed by atoms with Crippen LogP contribution in [0.1, 0.15) is 34.1 Å². The standard InChI is InChI=1S/C14H26N2O5S/c1-10(2)12(17)5-8-22(20,21)9-13(18)15-6-7-16-14(19)11(3)4/h10-11H,5-9H2,1-4H3,(H,15,18)(H,16,19). The van der Waals surface area contributed by atoms with Crippen molar-refractivity contribution in [3.63, 3.8) is 0 Å². The molecule has 0 aromatic carbocycles. The van der Waals surface area contributed by atoms with Gasteiger partial charge in [0.15, 0.2) is 9.84 Å². The zero-order chi connectivity index (χ0) is 17.3. The first kappa shape index (κ1) is 20.6. The van der Waals surface area contributed by atoms with Crippen LogP contribution in [-0.4, -0.2) is 50.6 Å². The van der Waals surface area contributed by atoms with Crippen molar-refractivity contribution < 1.29 is 22.8 Å². The molecule has 2 N–H and O–H groups in total. The van der Waals surface area contributed by atoms with E-state index in [9.17, 15) is 22.8 Å². The molecule has 22 heavy (non-hydrogen) atoms. The number of sulfone groups is 1. The second-order valence-electron chi connectivity index (χ2n) is 5.76. The van der Waals surface area contributed by atoms with Gasteiger partial charge in [0.05, 0.1) is 5.75 Å². The predicted octanol–water partition coefficient (Wildman–Crippen LogP) is -0.0952. The molecule has 0 bridgehead atoms. The fraction of sp³-hybridized carbons (Fsp3) is 0.786. The predicted molar refractivity (Wildman–Crippen MR) is 84.0 cm³/mol. The normalized spacial score (nSPS) is 11.5. The monoisotopic (exact) mass is 334 g/mol. The quantitative estimate of drug-likeness (QED) is 0.542. The second-order valence-corrected chi connectivity index (χ2v) is 7.94. The fourth-order valence-corrected chi connectivity index (χ4v) is 2.62. The SMILES string of the molecule is CC(C)C(=O)CCS(=O)(=O)CC(=O)NCCNC(=O)C(C)C. The number of carbonyl (C=O) groups excluding carboxylic acids is 3. The fourth-order valence-electron chi connectivity index (χ4n) is 1.46.